The fourth-order valence-corrected chi connectivity index (χ4v) is 2.12. The van der Waals surface area contributed by atoms with E-state index < -0.39 is 16.7 Å². The normalized spacial score (nSPS) is 9.96. The maximum absolute atomic E-state index is 11.9. The van der Waals surface area contributed by atoms with Gasteiger partial charge in [0.1, 0.15) is 11.5 Å². The highest BCUT2D eigenvalue weighted by Gasteiger charge is 2.12. The van der Waals surface area contributed by atoms with E-state index in [4.69, 9.17) is 9.47 Å². The zero-order valence-corrected chi connectivity index (χ0v) is 14.6. The molecule has 0 fully saturated rings. The lowest BCUT2D eigenvalue weighted by Gasteiger charge is -2.09. The minimum atomic E-state index is -0.637. The molecular weight excluding hydrogens is 354 g/mol. The summed E-state index contributed by atoms with van der Waals surface area (Å²) in [5, 5.41) is 10.7. The van der Waals surface area contributed by atoms with Crippen molar-refractivity contribution < 1.29 is 24.0 Å². The Balaban J connectivity index is 1.68. The number of ether oxygens (including phenoxy) is 2. The molecule has 0 heterocycles. The second-order valence-corrected chi connectivity index (χ2v) is 5.44. The largest absolute Gasteiger partial charge is 0.497 e. The fraction of sp³-hybridized carbons (Fsp3) is 0.222. The Morgan fingerprint density at radius 3 is 2.44 bits per heavy atom. The Labute approximate surface area is 155 Å². The number of rotatable bonds is 8. The number of hydrogen-bond acceptors (Lipinski definition) is 6. The molecule has 0 saturated carbocycles. The van der Waals surface area contributed by atoms with Crippen LogP contribution in [0.5, 0.6) is 11.5 Å². The number of carbonyl (C=O) groups excluding carboxylic acids is 2. The molecule has 0 aromatic heterocycles. The quantitative estimate of drug-likeness (QED) is 0.416. The summed E-state index contributed by atoms with van der Waals surface area (Å²) in [5.41, 5.74) is 4.36. The lowest BCUT2D eigenvalue weighted by Crippen LogP contribution is -2.41. The van der Waals surface area contributed by atoms with Crippen molar-refractivity contribution in [3.8, 4) is 11.5 Å². The van der Waals surface area contributed by atoms with Gasteiger partial charge in [0, 0.05) is 24.1 Å². The van der Waals surface area contributed by atoms with Gasteiger partial charge in [-0.3, -0.25) is 30.6 Å². The third-order valence-electron chi connectivity index (χ3n) is 3.51. The van der Waals surface area contributed by atoms with Crippen LogP contribution in [0.15, 0.2) is 48.5 Å². The first-order valence-electron chi connectivity index (χ1n) is 8.10. The first-order chi connectivity index (χ1) is 13.0. The van der Waals surface area contributed by atoms with Gasteiger partial charge < -0.3 is 9.47 Å². The summed E-state index contributed by atoms with van der Waals surface area (Å²) in [6.07, 6.45) is 0.593. The van der Waals surface area contributed by atoms with Gasteiger partial charge in [0.15, 0.2) is 0 Å². The number of benzene rings is 2. The Morgan fingerprint density at radius 2 is 1.78 bits per heavy atom. The van der Waals surface area contributed by atoms with Gasteiger partial charge in [0.05, 0.1) is 18.6 Å². The van der Waals surface area contributed by atoms with Crippen LogP contribution in [-0.4, -0.2) is 30.5 Å². The molecule has 2 rings (SSSR count). The molecule has 0 radical (unpaired) electrons. The maximum Gasteiger partial charge on any atom is 0.270 e. The van der Waals surface area contributed by atoms with Crippen LogP contribution in [0.2, 0.25) is 0 Å². The number of hydrogen-bond donors (Lipinski definition) is 2. The number of non-ortho nitro benzene ring substituents is 1. The van der Waals surface area contributed by atoms with Crippen LogP contribution in [0.25, 0.3) is 0 Å². The van der Waals surface area contributed by atoms with Gasteiger partial charge in [-0.2, -0.15) is 0 Å². The Kier molecular flexibility index (Phi) is 7.12. The monoisotopic (exact) mass is 373 g/mol. The highest BCUT2D eigenvalue weighted by molar-refractivity contribution is 5.95. The van der Waals surface area contributed by atoms with Crippen molar-refractivity contribution in [2.75, 3.05) is 13.7 Å². The zero-order valence-electron chi connectivity index (χ0n) is 14.6. The zero-order chi connectivity index (χ0) is 19.6. The van der Waals surface area contributed by atoms with E-state index in [1.807, 2.05) is 0 Å². The topological polar surface area (TPSA) is 120 Å². The number of methoxy groups -OCH3 is 1. The van der Waals surface area contributed by atoms with Gasteiger partial charge in [-0.1, -0.05) is 6.07 Å². The number of nitro benzene ring substituents is 1. The molecule has 142 valence electrons. The van der Waals surface area contributed by atoms with Gasteiger partial charge >= 0.3 is 0 Å². The van der Waals surface area contributed by atoms with Gasteiger partial charge in [0.2, 0.25) is 5.91 Å². The molecule has 0 bridgehead atoms. The smallest absolute Gasteiger partial charge is 0.270 e. The number of nitrogens with zero attached hydrogens (tertiary/aromatic N) is 1. The second kappa shape index (κ2) is 9.76. The van der Waals surface area contributed by atoms with Crippen LogP contribution < -0.4 is 20.3 Å². The van der Waals surface area contributed by atoms with E-state index in [1.54, 1.807) is 31.4 Å². The number of hydrazine groups is 1. The number of carbonyl (C=O) groups is 2. The summed E-state index contributed by atoms with van der Waals surface area (Å²) in [7, 11) is 1.58. The summed E-state index contributed by atoms with van der Waals surface area (Å²) in [6, 6.07) is 12.3. The Morgan fingerprint density at radius 1 is 1.07 bits per heavy atom. The number of amides is 2. The van der Waals surface area contributed by atoms with Crippen molar-refractivity contribution in [3.05, 3.63) is 64.2 Å². The van der Waals surface area contributed by atoms with Crippen LogP contribution in [0.1, 0.15) is 23.2 Å². The van der Waals surface area contributed by atoms with Gasteiger partial charge in [-0.25, -0.2) is 0 Å². The number of nitrogens with one attached hydrogen (secondary N) is 2. The van der Waals surface area contributed by atoms with Crippen LogP contribution in [0.4, 0.5) is 5.69 Å². The Bertz CT molecular complexity index is 807. The molecule has 2 aromatic carbocycles. The highest BCUT2D eigenvalue weighted by Crippen LogP contribution is 2.17. The van der Waals surface area contributed by atoms with E-state index in [-0.39, 0.29) is 17.7 Å². The molecule has 0 aliphatic rings. The molecule has 2 amide bonds. The van der Waals surface area contributed by atoms with E-state index in [0.29, 0.717) is 18.8 Å². The van der Waals surface area contributed by atoms with Crippen LogP contribution in [0.3, 0.4) is 0 Å². The SMILES string of the molecule is COc1ccc(OCCCC(=O)NNC(=O)c2cccc([N+](=O)[O-])c2)cc1. The van der Waals surface area contributed by atoms with E-state index >= 15 is 0 Å². The minimum absolute atomic E-state index is 0.0762. The van der Waals surface area contributed by atoms with Crippen molar-refractivity contribution in [1.82, 2.24) is 10.9 Å². The first-order valence-corrected chi connectivity index (χ1v) is 8.10. The molecule has 2 N–H and O–H groups in total. The Hall–Kier alpha value is -3.62. The molecule has 0 unspecified atom stereocenters. The average molecular weight is 373 g/mol. The fourth-order valence-electron chi connectivity index (χ4n) is 2.12. The van der Waals surface area contributed by atoms with Crippen molar-refractivity contribution in [2.24, 2.45) is 0 Å². The average Bonchev–Trinajstić information content (AvgIpc) is 2.70. The minimum Gasteiger partial charge on any atom is -0.497 e. The van der Waals surface area contributed by atoms with E-state index in [2.05, 4.69) is 10.9 Å². The van der Waals surface area contributed by atoms with Crippen molar-refractivity contribution in [3.63, 3.8) is 0 Å². The third kappa shape index (κ3) is 6.31. The predicted octanol–water partition coefficient (Wildman–Crippen LogP) is 2.22. The van der Waals surface area contributed by atoms with Crippen LogP contribution in [-0.2, 0) is 4.79 Å². The summed E-state index contributed by atoms with van der Waals surface area (Å²) in [4.78, 5) is 33.8. The van der Waals surface area contributed by atoms with Crippen molar-refractivity contribution in [2.45, 2.75) is 12.8 Å². The highest BCUT2D eigenvalue weighted by atomic mass is 16.6. The lowest BCUT2D eigenvalue weighted by molar-refractivity contribution is -0.384. The summed E-state index contributed by atoms with van der Waals surface area (Å²) in [6.45, 7) is 0.332. The molecule has 9 heteroatoms. The van der Waals surface area contributed by atoms with Gasteiger partial charge in [0.25, 0.3) is 11.6 Å². The maximum atomic E-state index is 11.9. The summed E-state index contributed by atoms with van der Waals surface area (Å²) < 4.78 is 10.5. The van der Waals surface area contributed by atoms with Crippen molar-refractivity contribution in [1.29, 1.82) is 0 Å². The molecule has 0 aliphatic carbocycles. The molecule has 27 heavy (non-hydrogen) atoms. The first kappa shape index (κ1) is 19.7. The standard InChI is InChI=1S/C18H19N3O6/c1-26-15-7-9-16(10-8-15)27-11-3-6-17(22)19-20-18(23)13-4-2-5-14(12-13)21(24)25/h2,4-5,7-10,12H,3,6,11H2,1H3,(H,19,22)(H,20,23). The summed E-state index contributed by atoms with van der Waals surface area (Å²) in [5.74, 6) is 0.352. The molecule has 0 aliphatic heterocycles. The third-order valence-corrected chi connectivity index (χ3v) is 3.51. The molecule has 0 atom stereocenters. The predicted molar refractivity (Wildman–Crippen MR) is 96.4 cm³/mol. The second-order valence-electron chi connectivity index (χ2n) is 5.44. The van der Waals surface area contributed by atoms with Gasteiger partial charge in [-0.15, -0.1) is 0 Å². The van der Waals surface area contributed by atoms with E-state index in [9.17, 15) is 19.7 Å². The molecular formula is C18H19N3O6. The molecule has 2 aromatic rings. The van der Waals surface area contributed by atoms with E-state index in [1.165, 1.54) is 18.2 Å². The lowest BCUT2D eigenvalue weighted by atomic mass is 10.2. The molecule has 0 saturated heterocycles. The van der Waals surface area contributed by atoms with Gasteiger partial charge in [-0.05, 0) is 36.8 Å². The number of nitro groups is 1. The van der Waals surface area contributed by atoms with Crippen LogP contribution >= 0.6 is 0 Å². The van der Waals surface area contributed by atoms with Crippen LogP contribution in [0, 0.1) is 10.1 Å². The summed E-state index contributed by atoms with van der Waals surface area (Å²) >= 11 is 0. The molecule has 9 nitrogen and oxygen atoms in total. The molecule has 0 spiro atoms. The van der Waals surface area contributed by atoms with Crippen molar-refractivity contribution >= 4 is 17.5 Å². The van der Waals surface area contributed by atoms with E-state index in [0.717, 1.165) is 11.8 Å².